The van der Waals surface area contributed by atoms with Gasteiger partial charge in [-0.05, 0) is 129 Å². The molecule has 12 aliphatic carbocycles. The van der Waals surface area contributed by atoms with Gasteiger partial charge in [0.25, 0.3) is 0 Å². The fourth-order valence-electron chi connectivity index (χ4n) is 16.5. The van der Waals surface area contributed by atoms with E-state index in [1.54, 1.807) is 0 Å². The van der Waals surface area contributed by atoms with Crippen LogP contribution in [-0.2, 0) is 0 Å². The number of aliphatic hydroxyl groups excluding tert-OH is 3. The highest BCUT2D eigenvalue weighted by molar-refractivity contribution is 5.25. The average molecular weight is 634 g/mol. The van der Waals surface area contributed by atoms with E-state index in [0.717, 1.165) is 83.5 Å². The molecule has 0 aromatic carbocycles. The van der Waals surface area contributed by atoms with Crippen LogP contribution in [-0.4, -0.2) is 82.4 Å². The van der Waals surface area contributed by atoms with Crippen molar-refractivity contribution in [2.75, 3.05) is 0 Å². The van der Waals surface area contributed by atoms with Crippen molar-refractivity contribution < 1.29 is 30.6 Å². The highest BCUT2D eigenvalue weighted by Crippen LogP contribution is 2.69. The topological polar surface area (TPSA) is 199 Å². The first-order valence-electron chi connectivity index (χ1n) is 17.7. The highest BCUT2D eigenvalue weighted by Gasteiger charge is 2.71. The zero-order chi connectivity index (χ0) is 33.3. The normalized spacial score (nSPS) is 67.4. The monoisotopic (exact) mass is 633 g/mol. The van der Waals surface area contributed by atoms with E-state index in [0.29, 0.717) is 12.8 Å². The first kappa shape index (κ1) is 33.2. The van der Waals surface area contributed by atoms with Crippen molar-refractivity contribution in [3.05, 3.63) is 0 Å². The summed E-state index contributed by atoms with van der Waals surface area (Å²) in [6.45, 7) is 13.0. The second-order valence-corrected chi connectivity index (χ2v) is 21.7. The van der Waals surface area contributed by atoms with Crippen molar-refractivity contribution in [1.29, 1.82) is 0 Å². The molecule has 3 unspecified atom stereocenters. The van der Waals surface area contributed by atoms with Gasteiger partial charge in [-0.1, -0.05) is 41.5 Å². The second-order valence-electron chi connectivity index (χ2n) is 21.7. The van der Waals surface area contributed by atoms with E-state index in [-0.39, 0.29) is 43.6 Å². The van der Waals surface area contributed by atoms with Crippen LogP contribution in [0.1, 0.15) is 138 Å². The summed E-state index contributed by atoms with van der Waals surface area (Å²) in [5.74, 6) is 0. The first-order chi connectivity index (χ1) is 20.1. The van der Waals surface area contributed by atoms with Crippen LogP contribution in [0.25, 0.3) is 0 Å². The first-order valence-corrected chi connectivity index (χ1v) is 17.7. The Hall–Kier alpha value is -0.360. The molecule has 12 bridgehead atoms. The Morgan fingerprint density at radius 2 is 0.689 bits per heavy atom. The standard InChI is InChI=1S/3C12H21NO2/c1-9-3-10(2)5-11(13,4-9)8(14)12(15,6-9)7-10;2*1-9-3-10(2)6-11(13,4-9)7-12(15,5-9)8(10)14/h3*8,14-15H,3-7,13H2,1-2H3/t8-,9-,10+,11?,12?;8?,9-,10+,11+,12+;8-,9-,10+,11+,12+/m001/s1. The Morgan fingerprint density at radius 1 is 0.378 bits per heavy atom. The molecule has 12 rings (SSSR count). The minimum Gasteiger partial charge on any atom is -0.390 e. The lowest BCUT2D eigenvalue weighted by Gasteiger charge is -2.69. The third-order valence-corrected chi connectivity index (χ3v) is 14.7. The highest BCUT2D eigenvalue weighted by atomic mass is 16.4. The van der Waals surface area contributed by atoms with Crippen LogP contribution in [0.3, 0.4) is 0 Å². The van der Waals surface area contributed by atoms with Gasteiger partial charge < -0.3 is 47.8 Å². The van der Waals surface area contributed by atoms with Gasteiger partial charge in [0.15, 0.2) is 0 Å². The molecule has 0 saturated heterocycles. The summed E-state index contributed by atoms with van der Waals surface area (Å²) in [6.07, 6.45) is 10.7. The summed E-state index contributed by atoms with van der Waals surface area (Å²) in [5, 5.41) is 62.3. The fourth-order valence-corrected chi connectivity index (χ4v) is 16.5. The smallest absolute Gasteiger partial charge is 0.101 e. The molecule has 12 aliphatic rings. The summed E-state index contributed by atoms with van der Waals surface area (Å²) in [4.78, 5) is 0. The van der Waals surface area contributed by atoms with Crippen LogP contribution in [0.2, 0.25) is 0 Å². The number of rotatable bonds is 0. The summed E-state index contributed by atoms with van der Waals surface area (Å²) in [6, 6.07) is 0. The van der Waals surface area contributed by atoms with Gasteiger partial charge in [0.1, 0.15) is 6.10 Å². The van der Waals surface area contributed by atoms with Gasteiger partial charge in [0.05, 0.1) is 29.0 Å². The molecular formula is C36H63N3O6. The van der Waals surface area contributed by atoms with E-state index in [2.05, 4.69) is 41.5 Å². The molecule has 9 heteroatoms. The molecule has 12 N–H and O–H groups in total. The molecule has 15 atom stereocenters. The SMILES string of the molecule is C[C@@]12C[C@@]3(N)C[C@@](C)(C1)C(O)[C@@](O)(C2)C3.C[C@]12CC3(N)C[C@](C)(CC(O)(C1)[C@H]3O)C2.C[C@]12C[C@]3(N)C[C@](C)(C1)[C@@H](O)[C@](O)(C2)C3. The molecule has 12 saturated carbocycles. The van der Waals surface area contributed by atoms with Crippen LogP contribution in [0.15, 0.2) is 0 Å². The van der Waals surface area contributed by atoms with Gasteiger partial charge in [-0.3, -0.25) is 0 Å². The Kier molecular flexibility index (Phi) is 6.39. The minimum atomic E-state index is -0.924. The van der Waals surface area contributed by atoms with Gasteiger partial charge >= 0.3 is 0 Å². The lowest BCUT2D eigenvalue weighted by atomic mass is 9.40. The van der Waals surface area contributed by atoms with Crippen LogP contribution < -0.4 is 17.2 Å². The number of hydrogen-bond acceptors (Lipinski definition) is 9. The van der Waals surface area contributed by atoms with Crippen LogP contribution in [0.5, 0.6) is 0 Å². The van der Waals surface area contributed by atoms with Crippen molar-refractivity contribution in [3.63, 3.8) is 0 Å². The van der Waals surface area contributed by atoms with Gasteiger partial charge in [0, 0.05) is 16.6 Å². The Morgan fingerprint density at radius 3 is 0.978 bits per heavy atom. The summed E-state index contributed by atoms with van der Waals surface area (Å²) in [5.41, 5.74) is 15.4. The quantitative estimate of drug-likeness (QED) is 0.192. The Bertz CT molecular complexity index is 1000. The van der Waals surface area contributed by atoms with Crippen LogP contribution in [0, 0.1) is 32.5 Å². The summed E-state index contributed by atoms with van der Waals surface area (Å²) < 4.78 is 0. The largest absolute Gasteiger partial charge is 0.390 e. The van der Waals surface area contributed by atoms with Crippen molar-refractivity contribution in [3.8, 4) is 0 Å². The van der Waals surface area contributed by atoms with Gasteiger partial charge in [-0.25, -0.2) is 0 Å². The van der Waals surface area contributed by atoms with Crippen molar-refractivity contribution in [1.82, 2.24) is 0 Å². The Balaban J connectivity index is 0.000000108. The van der Waals surface area contributed by atoms with E-state index in [1.807, 2.05) is 0 Å². The third-order valence-electron chi connectivity index (χ3n) is 14.7. The summed E-state index contributed by atoms with van der Waals surface area (Å²) >= 11 is 0. The van der Waals surface area contributed by atoms with E-state index in [4.69, 9.17) is 17.2 Å². The molecule has 258 valence electrons. The van der Waals surface area contributed by atoms with Crippen LogP contribution >= 0.6 is 0 Å². The maximum absolute atomic E-state index is 10.5. The average Bonchev–Trinajstić information content (AvgIpc) is 2.74. The zero-order valence-electron chi connectivity index (χ0n) is 28.8. The molecule has 0 aromatic rings. The number of hydrogen-bond donors (Lipinski definition) is 9. The molecule has 12 fully saturated rings. The molecule has 0 spiro atoms. The van der Waals surface area contributed by atoms with E-state index < -0.39 is 40.7 Å². The Labute approximate surface area is 269 Å². The maximum atomic E-state index is 10.5. The van der Waals surface area contributed by atoms with Crippen LogP contribution in [0.4, 0.5) is 0 Å². The van der Waals surface area contributed by atoms with Crippen molar-refractivity contribution in [2.45, 2.75) is 190 Å². The van der Waals surface area contributed by atoms with E-state index in [1.165, 1.54) is 0 Å². The predicted octanol–water partition coefficient (Wildman–Crippen LogP) is 2.34. The molecule has 0 aliphatic heterocycles. The van der Waals surface area contributed by atoms with Gasteiger partial charge in [-0.2, -0.15) is 0 Å². The molecular weight excluding hydrogens is 570 g/mol. The molecule has 45 heavy (non-hydrogen) atoms. The minimum absolute atomic E-state index is 0.133. The van der Waals surface area contributed by atoms with Crippen molar-refractivity contribution in [2.24, 2.45) is 49.7 Å². The number of nitrogens with two attached hydrogens (primary N) is 3. The van der Waals surface area contributed by atoms with E-state index >= 15 is 0 Å². The van der Waals surface area contributed by atoms with Gasteiger partial charge in [0.2, 0.25) is 0 Å². The molecule has 0 radical (unpaired) electrons. The summed E-state index contributed by atoms with van der Waals surface area (Å²) in [7, 11) is 0. The molecule has 0 heterocycles. The number of aliphatic hydroxyl groups is 6. The van der Waals surface area contributed by atoms with Gasteiger partial charge in [-0.15, -0.1) is 0 Å². The second kappa shape index (κ2) is 8.67. The third kappa shape index (κ3) is 4.79. The van der Waals surface area contributed by atoms with E-state index in [9.17, 15) is 30.6 Å². The molecule has 9 nitrogen and oxygen atoms in total. The zero-order valence-corrected chi connectivity index (χ0v) is 28.8. The maximum Gasteiger partial charge on any atom is 0.101 e. The predicted molar refractivity (Wildman–Crippen MR) is 172 cm³/mol. The fraction of sp³-hybridized carbons (Fsp3) is 1.00. The molecule has 0 amide bonds. The lowest BCUT2D eigenvalue weighted by Crippen LogP contribution is -2.76. The molecule has 0 aromatic heterocycles. The van der Waals surface area contributed by atoms with Crippen molar-refractivity contribution >= 4 is 0 Å². The lowest BCUT2D eigenvalue weighted by molar-refractivity contribution is -0.265.